The Balaban J connectivity index is 1.85. The highest BCUT2D eigenvalue weighted by molar-refractivity contribution is 8.00. The number of thioether (sulfide) groups is 1. The second-order valence-corrected chi connectivity index (χ2v) is 7.43. The molecule has 1 aromatic carbocycles. The average molecular weight is 336 g/mol. The van der Waals surface area contributed by atoms with Crippen LogP contribution < -0.4 is 15.4 Å². The number of aliphatic imine (C=N–C) groups is 1. The number of nitrogens with zero attached hydrogens (tertiary/aromatic N) is 1. The maximum Gasteiger partial charge on any atom is 0.191 e. The zero-order chi connectivity index (χ0) is 16.5. The molecular formula is C18H29N3OS. The van der Waals surface area contributed by atoms with Crippen LogP contribution in [0.2, 0.25) is 0 Å². The first-order chi connectivity index (χ1) is 11.2. The van der Waals surface area contributed by atoms with Gasteiger partial charge in [-0.25, -0.2) is 4.99 Å². The molecule has 5 heteroatoms. The van der Waals surface area contributed by atoms with Crippen LogP contribution in [-0.4, -0.2) is 36.2 Å². The van der Waals surface area contributed by atoms with E-state index in [4.69, 9.17) is 4.74 Å². The largest absolute Gasteiger partial charge is 0.491 e. The predicted molar refractivity (Wildman–Crippen MR) is 101 cm³/mol. The molecule has 23 heavy (non-hydrogen) atoms. The van der Waals surface area contributed by atoms with Gasteiger partial charge in [0.2, 0.25) is 0 Å². The molecule has 0 spiro atoms. The molecule has 0 amide bonds. The summed E-state index contributed by atoms with van der Waals surface area (Å²) >= 11 is 2.06. The van der Waals surface area contributed by atoms with Gasteiger partial charge >= 0.3 is 0 Å². The van der Waals surface area contributed by atoms with E-state index in [9.17, 15) is 0 Å². The van der Waals surface area contributed by atoms with Crippen LogP contribution in [0.5, 0.6) is 5.75 Å². The van der Waals surface area contributed by atoms with E-state index in [0.717, 1.165) is 30.0 Å². The van der Waals surface area contributed by atoms with E-state index in [0.29, 0.717) is 6.54 Å². The third kappa shape index (κ3) is 6.73. The monoisotopic (exact) mass is 335 g/mol. The standard InChI is InChI=1S/C18H29N3OS/c1-4-19-18(21-13-17-6-5-11-23-17)20-12-15-7-9-16(10-8-15)22-14(2)3/h7-10,14,17H,4-6,11-13H2,1-3H3,(H2,19,20,21). The summed E-state index contributed by atoms with van der Waals surface area (Å²) in [5, 5.41) is 7.51. The Hall–Kier alpha value is -1.36. The van der Waals surface area contributed by atoms with E-state index in [1.165, 1.54) is 24.2 Å². The molecule has 1 unspecified atom stereocenters. The van der Waals surface area contributed by atoms with Gasteiger partial charge in [-0.2, -0.15) is 11.8 Å². The fourth-order valence-corrected chi connectivity index (χ4v) is 3.67. The summed E-state index contributed by atoms with van der Waals surface area (Å²) in [5.74, 6) is 3.11. The average Bonchev–Trinajstić information content (AvgIpc) is 3.04. The first-order valence-corrected chi connectivity index (χ1v) is 9.61. The van der Waals surface area contributed by atoms with Crippen molar-refractivity contribution in [3.8, 4) is 5.75 Å². The number of guanidine groups is 1. The van der Waals surface area contributed by atoms with Crippen molar-refractivity contribution in [2.75, 3.05) is 18.8 Å². The minimum Gasteiger partial charge on any atom is -0.491 e. The van der Waals surface area contributed by atoms with Gasteiger partial charge in [0, 0.05) is 18.3 Å². The highest BCUT2D eigenvalue weighted by Crippen LogP contribution is 2.25. The lowest BCUT2D eigenvalue weighted by atomic mass is 10.2. The van der Waals surface area contributed by atoms with Gasteiger partial charge in [0.1, 0.15) is 5.75 Å². The molecule has 1 aliphatic rings. The van der Waals surface area contributed by atoms with Gasteiger partial charge in [-0.15, -0.1) is 0 Å². The van der Waals surface area contributed by atoms with E-state index >= 15 is 0 Å². The molecule has 2 N–H and O–H groups in total. The van der Waals surface area contributed by atoms with Crippen molar-refractivity contribution in [2.45, 2.75) is 51.5 Å². The fourth-order valence-electron chi connectivity index (χ4n) is 2.47. The van der Waals surface area contributed by atoms with Crippen LogP contribution in [0.3, 0.4) is 0 Å². The predicted octanol–water partition coefficient (Wildman–Crippen LogP) is 3.42. The van der Waals surface area contributed by atoms with Crippen LogP contribution in [-0.2, 0) is 6.54 Å². The third-order valence-electron chi connectivity index (χ3n) is 3.58. The second-order valence-electron chi connectivity index (χ2n) is 6.02. The van der Waals surface area contributed by atoms with Gasteiger partial charge < -0.3 is 15.4 Å². The van der Waals surface area contributed by atoms with Crippen LogP contribution in [0.4, 0.5) is 0 Å². The van der Waals surface area contributed by atoms with Crippen molar-refractivity contribution in [1.82, 2.24) is 10.6 Å². The Labute approximate surface area is 144 Å². The first kappa shape index (κ1) is 18.0. The van der Waals surface area contributed by atoms with Crippen molar-refractivity contribution >= 4 is 17.7 Å². The number of hydrogen-bond acceptors (Lipinski definition) is 3. The lowest BCUT2D eigenvalue weighted by Gasteiger charge is -2.14. The third-order valence-corrected chi connectivity index (χ3v) is 4.98. The highest BCUT2D eigenvalue weighted by Gasteiger charge is 2.15. The van der Waals surface area contributed by atoms with Crippen LogP contribution in [0.15, 0.2) is 29.3 Å². The van der Waals surface area contributed by atoms with Crippen LogP contribution >= 0.6 is 11.8 Å². The Bertz CT molecular complexity index is 482. The molecule has 1 fully saturated rings. The van der Waals surface area contributed by atoms with Gasteiger partial charge in [0.15, 0.2) is 5.96 Å². The summed E-state index contributed by atoms with van der Waals surface area (Å²) in [5.41, 5.74) is 1.19. The van der Waals surface area contributed by atoms with Gasteiger partial charge in [0.05, 0.1) is 12.6 Å². The Morgan fingerprint density at radius 1 is 1.30 bits per heavy atom. The SMILES string of the molecule is CCNC(=NCc1ccc(OC(C)C)cc1)NCC1CCCS1. The quantitative estimate of drug-likeness (QED) is 0.592. The molecule has 2 rings (SSSR count). The first-order valence-electron chi connectivity index (χ1n) is 8.56. The fraction of sp³-hybridized carbons (Fsp3) is 0.611. The molecule has 1 aromatic rings. The number of rotatable bonds is 7. The van der Waals surface area contributed by atoms with Gasteiger partial charge in [-0.3, -0.25) is 0 Å². The minimum atomic E-state index is 0.205. The van der Waals surface area contributed by atoms with Crippen molar-refractivity contribution in [1.29, 1.82) is 0 Å². The molecule has 128 valence electrons. The molecular weight excluding hydrogens is 306 g/mol. The number of nitrogens with one attached hydrogen (secondary N) is 2. The van der Waals surface area contributed by atoms with Gasteiger partial charge in [-0.05, 0) is 57.1 Å². The number of hydrogen-bond donors (Lipinski definition) is 2. The zero-order valence-electron chi connectivity index (χ0n) is 14.5. The van der Waals surface area contributed by atoms with Gasteiger partial charge in [0.25, 0.3) is 0 Å². The maximum atomic E-state index is 5.67. The smallest absolute Gasteiger partial charge is 0.191 e. The van der Waals surface area contributed by atoms with E-state index in [-0.39, 0.29) is 6.10 Å². The van der Waals surface area contributed by atoms with E-state index in [1.807, 2.05) is 26.0 Å². The molecule has 1 saturated heterocycles. The Kier molecular flexibility index (Phi) is 7.59. The van der Waals surface area contributed by atoms with Crippen LogP contribution in [0, 0.1) is 0 Å². The lowest BCUT2D eigenvalue weighted by Crippen LogP contribution is -2.40. The molecule has 0 radical (unpaired) electrons. The normalized spacial score (nSPS) is 18.3. The van der Waals surface area contributed by atoms with Crippen molar-refractivity contribution in [3.63, 3.8) is 0 Å². The topological polar surface area (TPSA) is 45.7 Å². The summed E-state index contributed by atoms with van der Waals surface area (Å²) < 4.78 is 5.67. The van der Waals surface area contributed by atoms with E-state index < -0.39 is 0 Å². The summed E-state index contributed by atoms with van der Waals surface area (Å²) in [4.78, 5) is 4.68. The molecule has 0 saturated carbocycles. The van der Waals surface area contributed by atoms with Crippen LogP contribution in [0.1, 0.15) is 39.2 Å². The molecule has 0 bridgehead atoms. The van der Waals surface area contributed by atoms with E-state index in [1.54, 1.807) is 0 Å². The molecule has 0 aromatic heterocycles. The van der Waals surface area contributed by atoms with Crippen molar-refractivity contribution < 1.29 is 4.74 Å². The molecule has 1 aliphatic heterocycles. The maximum absolute atomic E-state index is 5.67. The second kappa shape index (κ2) is 9.71. The number of benzene rings is 1. The highest BCUT2D eigenvalue weighted by atomic mass is 32.2. The van der Waals surface area contributed by atoms with Gasteiger partial charge in [-0.1, -0.05) is 12.1 Å². The van der Waals surface area contributed by atoms with Crippen LogP contribution in [0.25, 0.3) is 0 Å². The summed E-state index contributed by atoms with van der Waals surface area (Å²) in [6.45, 7) is 8.72. The Morgan fingerprint density at radius 3 is 2.70 bits per heavy atom. The lowest BCUT2D eigenvalue weighted by molar-refractivity contribution is 0.242. The minimum absolute atomic E-state index is 0.205. The molecule has 4 nitrogen and oxygen atoms in total. The molecule has 1 heterocycles. The van der Waals surface area contributed by atoms with Crippen molar-refractivity contribution in [2.24, 2.45) is 4.99 Å². The summed E-state index contributed by atoms with van der Waals surface area (Å²) in [6.07, 6.45) is 2.86. The summed E-state index contributed by atoms with van der Waals surface area (Å²) in [6, 6.07) is 8.19. The summed E-state index contributed by atoms with van der Waals surface area (Å²) in [7, 11) is 0. The van der Waals surface area contributed by atoms with E-state index in [2.05, 4.69) is 46.4 Å². The van der Waals surface area contributed by atoms with Crippen molar-refractivity contribution in [3.05, 3.63) is 29.8 Å². The zero-order valence-corrected chi connectivity index (χ0v) is 15.3. The molecule has 1 atom stereocenters. The number of ether oxygens (including phenoxy) is 1. The molecule has 0 aliphatic carbocycles. The Morgan fingerprint density at radius 2 is 2.09 bits per heavy atom.